The first-order valence-electron chi connectivity index (χ1n) is 5.40. The van der Waals surface area contributed by atoms with Crippen molar-refractivity contribution in [1.82, 2.24) is 0 Å². The minimum atomic E-state index is 0.918. The lowest BCUT2D eigenvalue weighted by Crippen LogP contribution is -2.46. The van der Waals surface area contributed by atoms with Crippen molar-refractivity contribution in [2.24, 2.45) is 5.92 Å². The molecule has 1 aliphatic heterocycles. The topological polar surface area (TPSA) is 3.24 Å². The molecule has 1 aromatic rings. The summed E-state index contributed by atoms with van der Waals surface area (Å²) in [5.41, 5.74) is 1.35. The summed E-state index contributed by atoms with van der Waals surface area (Å²) in [4.78, 5) is 2.46. The Kier molecular flexibility index (Phi) is 3.93. The molecular weight excluding hydrogens is 365 g/mol. The zero-order valence-corrected chi connectivity index (χ0v) is 12.6. The first kappa shape index (κ1) is 11.7. The molecule has 1 aliphatic rings. The Balaban J connectivity index is 2.01. The third kappa shape index (κ3) is 2.67. The van der Waals surface area contributed by atoms with E-state index in [0.717, 1.165) is 5.92 Å². The van der Waals surface area contributed by atoms with E-state index < -0.39 is 0 Å². The predicted octanol–water partition coefficient (Wildman–Crippen LogP) is 4.29. The van der Waals surface area contributed by atoms with Gasteiger partial charge < -0.3 is 4.90 Å². The van der Waals surface area contributed by atoms with Crippen molar-refractivity contribution in [2.45, 2.75) is 19.8 Å². The molecule has 1 saturated heterocycles. The molecule has 0 unspecified atom stereocenters. The number of hydrogen-bond donors (Lipinski definition) is 0. The molecule has 1 nitrogen and oxygen atoms in total. The number of nitrogens with zero attached hydrogens (tertiary/aromatic N) is 1. The Morgan fingerprint density at radius 2 is 2.20 bits per heavy atom. The number of hydrogen-bond acceptors (Lipinski definition) is 1. The Morgan fingerprint density at radius 3 is 2.80 bits per heavy atom. The van der Waals surface area contributed by atoms with Crippen LogP contribution in [0.1, 0.15) is 19.8 Å². The standard InChI is InChI=1S/C12H15BrIN/c1-2-3-9-7-15(8-9)12-5-4-10(14)6-11(12)13/h4-6,9H,2-3,7-8H2,1H3. The molecule has 0 aliphatic carbocycles. The van der Waals surface area contributed by atoms with Crippen molar-refractivity contribution in [3.05, 3.63) is 26.2 Å². The van der Waals surface area contributed by atoms with Gasteiger partial charge in [-0.05, 0) is 69.1 Å². The van der Waals surface area contributed by atoms with E-state index >= 15 is 0 Å². The summed E-state index contributed by atoms with van der Waals surface area (Å²) >= 11 is 5.98. The summed E-state index contributed by atoms with van der Waals surface area (Å²) in [7, 11) is 0. The van der Waals surface area contributed by atoms with Crippen LogP contribution in [0.5, 0.6) is 0 Å². The van der Waals surface area contributed by atoms with Gasteiger partial charge in [0, 0.05) is 21.1 Å². The van der Waals surface area contributed by atoms with Gasteiger partial charge >= 0.3 is 0 Å². The largest absolute Gasteiger partial charge is 0.370 e. The van der Waals surface area contributed by atoms with Crippen LogP contribution in [0.15, 0.2) is 22.7 Å². The van der Waals surface area contributed by atoms with Gasteiger partial charge in [-0.25, -0.2) is 0 Å². The van der Waals surface area contributed by atoms with Crippen LogP contribution in [0, 0.1) is 9.49 Å². The van der Waals surface area contributed by atoms with E-state index in [-0.39, 0.29) is 0 Å². The maximum Gasteiger partial charge on any atom is 0.0511 e. The average Bonchev–Trinajstić information content (AvgIpc) is 2.12. The highest BCUT2D eigenvalue weighted by atomic mass is 127. The zero-order valence-electron chi connectivity index (χ0n) is 8.84. The maximum atomic E-state index is 3.63. The van der Waals surface area contributed by atoms with E-state index in [1.54, 1.807) is 0 Å². The fourth-order valence-electron chi connectivity index (χ4n) is 2.10. The molecule has 82 valence electrons. The van der Waals surface area contributed by atoms with Gasteiger partial charge in [-0.15, -0.1) is 0 Å². The van der Waals surface area contributed by atoms with Crippen LogP contribution in [-0.4, -0.2) is 13.1 Å². The number of benzene rings is 1. The highest BCUT2D eigenvalue weighted by Gasteiger charge is 2.26. The van der Waals surface area contributed by atoms with Gasteiger partial charge in [0.15, 0.2) is 0 Å². The predicted molar refractivity (Wildman–Crippen MR) is 77.5 cm³/mol. The van der Waals surface area contributed by atoms with E-state index in [0.29, 0.717) is 0 Å². The minimum Gasteiger partial charge on any atom is -0.370 e. The molecule has 0 saturated carbocycles. The van der Waals surface area contributed by atoms with E-state index in [9.17, 15) is 0 Å². The van der Waals surface area contributed by atoms with Gasteiger partial charge in [-0.2, -0.15) is 0 Å². The van der Waals surface area contributed by atoms with Crippen LogP contribution in [0.2, 0.25) is 0 Å². The smallest absolute Gasteiger partial charge is 0.0511 e. The maximum absolute atomic E-state index is 3.63. The highest BCUT2D eigenvalue weighted by molar-refractivity contribution is 14.1. The lowest BCUT2D eigenvalue weighted by Gasteiger charge is -2.41. The monoisotopic (exact) mass is 379 g/mol. The molecule has 1 fully saturated rings. The summed E-state index contributed by atoms with van der Waals surface area (Å²) < 4.78 is 2.51. The molecule has 0 amide bonds. The molecule has 0 radical (unpaired) electrons. The van der Waals surface area contributed by atoms with Gasteiger partial charge in [-0.1, -0.05) is 13.3 Å². The van der Waals surface area contributed by atoms with Crippen molar-refractivity contribution in [3.63, 3.8) is 0 Å². The number of rotatable bonds is 3. The third-order valence-electron chi connectivity index (χ3n) is 2.90. The van der Waals surface area contributed by atoms with Crippen LogP contribution in [0.3, 0.4) is 0 Å². The van der Waals surface area contributed by atoms with Gasteiger partial charge in [0.1, 0.15) is 0 Å². The summed E-state index contributed by atoms with van der Waals surface area (Å²) in [6.07, 6.45) is 2.69. The van der Waals surface area contributed by atoms with Crippen molar-refractivity contribution in [2.75, 3.05) is 18.0 Å². The van der Waals surface area contributed by atoms with Gasteiger partial charge in [-0.3, -0.25) is 0 Å². The van der Waals surface area contributed by atoms with Crippen LogP contribution in [0.25, 0.3) is 0 Å². The van der Waals surface area contributed by atoms with Gasteiger partial charge in [0.25, 0.3) is 0 Å². The molecule has 1 aromatic carbocycles. The van der Waals surface area contributed by atoms with Crippen LogP contribution >= 0.6 is 38.5 Å². The molecule has 0 N–H and O–H groups in total. The molecule has 0 bridgehead atoms. The van der Waals surface area contributed by atoms with Gasteiger partial charge in [0.2, 0.25) is 0 Å². The second kappa shape index (κ2) is 5.04. The minimum absolute atomic E-state index is 0.918. The van der Waals surface area contributed by atoms with E-state index in [1.807, 2.05) is 0 Å². The van der Waals surface area contributed by atoms with Crippen molar-refractivity contribution < 1.29 is 0 Å². The summed E-state index contributed by atoms with van der Waals surface area (Å²) in [5, 5.41) is 0. The Bertz CT molecular complexity index is 347. The summed E-state index contributed by atoms with van der Waals surface area (Å²) in [6, 6.07) is 6.57. The van der Waals surface area contributed by atoms with E-state index in [1.165, 1.54) is 39.7 Å². The number of anilines is 1. The molecule has 0 aromatic heterocycles. The fraction of sp³-hybridized carbons (Fsp3) is 0.500. The first-order chi connectivity index (χ1) is 7.20. The molecular formula is C12H15BrIN. The number of halogens is 2. The normalized spacial score (nSPS) is 16.6. The van der Waals surface area contributed by atoms with Gasteiger partial charge in [0.05, 0.1) is 5.69 Å². The fourth-order valence-corrected chi connectivity index (χ4v) is 3.64. The molecule has 2 rings (SSSR count). The summed E-state index contributed by atoms with van der Waals surface area (Å²) in [5.74, 6) is 0.918. The highest BCUT2D eigenvalue weighted by Crippen LogP contribution is 2.33. The quantitative estimate of drug-likeness (QED) is 0.708. The Hall–Kier alpha value is 0.230. The Morgan fingerprint density at radius 1 is 1.47 bits per heavy atom. The molecule has 1 heterocycles. The molecule has 3 heteroatoms. The summed E-state index contributed by atoms with van der Waals surface area (Å²) in [6.45, 7) is 4.73. The molecule has 0 atom stereocenters. The van der Waals surface area contributed by atoms with E-state index in [2.05, 4.69) is 68.5 Å². The van der Waals surface area contributed by atoms with Crippen molar-refractivity contribution in [1.29, 1.82) is 0 Å². The molecule has 15 heavy (non-hydrogen) atoms. The first-order valence-corrected chi connectivity index (χ1v) is 7.28. The van der Waals surface area contributed by atoms with Crippen LogP contribution < -0.4 is 4.90 Å². The lowest BCUT2D eigenvalue weighted by atomic mass is 9.94. The zero-order chi connectivity index (χ0) is 10.8. The lowest BCUT2D eigenvalue weighted by molar-refractivity contribution is 0.380. The second-order valence-electron chi connectivity index (χ2n) is 4.16. The van der Waals surface area contributed by atoms with E-state index in [4.69, 9.17) is 0 Å². The van der Waals surface area contributed by atoms with Crippen molar-refractivity contribution >= 4 is 44.2 Å². The second-order valence-corrected chi connectivity index (χ2v) is 6.26. The Labute approximate surface area is 114 Å². The van der Waals surface area contributed by atoms with Crippen LogP contribution in [0.4, 0.5) is 5.69 Å². The SMILES string of the molecule is CCCC1CN(c2ccc(I)cc2Br)C1. The average molecular weight is 380 g/mol. The van der Waals surface area contributed by atoms with Crippen molar-refractivity contribution in [3.8, 4) is 0 Å². The van der Waals surface area contributed by atoms with Crippen LogP contribution in [-0.2, 0) is 0 Å². The third-order valence-corrected chi connectivity index (χ3v) is 4.21. The molecule has 0 spiro atoms.